The van der Waals surface area contributed by atoms with E-state index in [0.717, 1.165) is 13.0 Å². The summed E-state index contributed by atoms with van der Waals surface area (Å²) in [6.45, 7) is 0.758. The van der Waals surface area contributed by atoms with Crippen LogP contribution in [-0.2, 0) is 10.2 Å². The lowest BCUT2D eigenvalue weighted by Crippen LogP contribution is -2.43. The van der Waals surface area contributed by atoms with Crippen molar-refractivity contribution in [2.24, 2.45) is 0 Å². The van der Waals surface area contributed by atoms with Gasteiger partial charge in [-0.15, -0.1) is 6.42 Å². The van der Waals surface area contributed by atoms with Crippen LogP contribution in [0.2, 0.25) is 0 Å². The minimum Gasteiger partial charge on any atom is -0.357 e. The van der Waals surface area contributed by atoms with Crippen LogP contribution in [0.15, 0.2) is 54.6 Å². The van der Waals surface area contributed by atoms with Crippen molar-refractivity contribution in [2.45, 2.75) is 24.0 Å². The monoisotopic (exact) mass is 289 g/mol. The summed E-state index contributed by atoms with van der Waals surface area (Å²) in [7, 11) is 2.11. The molecule has 0 amide bonds. The van der Waals surface area contributed by atoms with Gasteiger partial charge in [0, 0.05) is 12.7 Å². The van der Waals surface area contributed by atoms with Crippen molar-refractivity contribution in [1.82, 2.24) is 0 Å². The van der Waals surface area contributed by atoms with Gasteiger partial charge in [-0.25, -0.2) is 0 Å². The van der Waals surface area contributed by atoms with Gasteiger partial charge in [0.15, 0.2) is 0 Å². The number of terminal acetylenes is 1. The summed E-state index contributed by atoms with van der Waals surface area (Å²) in [6.07, 6.45) is 6.99. The summed E-state index contributed by atoms with van der Waals surface area (Å²) in [5.41, 5.74) is 3.61. The van der Waals surface area contributed by atoms with Gasteiger partial charge in [0.1, 0.15) is 6.23 Å². The Balaban J connectivity index is 1.93. The Morgan fingerprint density at radius 2 is 1.91 bits per heavy atom. The second-order valence-electron chi connectivity index (χ2n) is 6.15. The third-order valence-corrected chi connectivity index (χ3v) is 5.18. The zero-order chi connectivity index (χ0) is 15.2. The van der Waals surface area contributed by atoms with Crippen molar-refractivity contribution in [2.75, 3.05) is 18.6 Å². The molecule has 0 radical (unpaired) electrons. The van der Waals surface area contributed by atoms with Gasteiger partial charge in [0.2, 0.25) is 0 Å². The van der Waals surface area contributed by atoms with Gasteiger partial charge in [-0.3, -0.25) is 0 Å². The van der Waals surface area contributed by atoms with Gasteiger partial charge in [-0.2, -0.15) is 0 Å². The molecule has 1 fully saturated rings. The topological polar surface area (TPSA) is 12.5 Å². The third kappa shape index (κ3) is 1.60. The maximum absolute atomic E-state index is 6.11. The highest BCUT2D eigenvalue weighted by Gasteiger charge is 2.58. The number of para-hydroxylation sites is 1. The van der Waals surface area contributed by atoms with Gasteiger partial charge in [-0.1, -0.05) is 54.5 Å². The third-order valence-electron chi connectivity index (χ3n) is 5.18. The summed E-state index contributed by atoms with van der Waals surface area (Å²) >= 11 is 0. The molecule has 4 rings (SSSR count). The van der Waals surface area contributed by atoms with E-state index in [2.05, 4.69) is 66.4 Å². The fourth-order valence-electron chi connectivity index (χ4n) is 4.27. The average molecular weight is 289 g/mol. The van der Waals surface area contributed by atoms with E-state index in [1.807, 2.05) is 6.07 Å². The van der Waals surface area contributed by atoms with Gasteiger partial charge >= 0.3 is 0 Å². The Morgan fingerprint density at radius 3 is 2.68 bits per heavy atom. The predicted octanol–water partition coefficient (Wildman–Crippen LogP) is 3.54. The largest absolute Gasteiger partial charge is 0.357 e. The van der Waals surface area contributed by atoms with Crippen LogP contribution in [-0.4, -0.2) is 19.9 Å². The molecule has 2 aromatic carbocycles. The van der Waals surface area contributed by atoms with E-state index in [0.29, 0.717) is 0 Å². The zero-order valence-corrected chi connectivity index (χ0v) is 12.7. The predicted molar refractivity (Wildman–Crippen MR) is 88.9 cm³/mol. The second kappa shape index (κ2) is 4.90. The van der Waals surface area contributed by atoms with E-state index in [4.69, 9.17) is 11.2 Å². The molecule has 110 valence electrons. The molecule has 0 spiro atoms. The van der Waals surface area contributed by atoms with E-state index in [9.17, 15) is 0 Å². The van der Waals surface area contributed by atoms with E-state index in [1.165, 1.54) is 16.8 Å². The van der Waals surface area contributed by atoms with Gasteiger partial charge in [-0.05, 0) is 23.6 Å². The maximum Gasteiger partial charge on any atom is 0.141 e. The molecule has 0 aromatic heterocycles. The number of benzene rings is 2. The quantitative estimate of drug-likeness (QED) is 0.784. The van der Waals surface area contributed by atoms with Crippen molar-refractivity contribution in [3.63, 3.8) is 0 Å². The van der Waals surface area contributed by atoms with E-state index < -0.39 is 0 Å². The first-order valence-corrected chi connectivity index (χ1v) is 7.74. The van der Waals surface area contributed by atoms with Gasteiger partial charge in [0.05, 0.1) is 17.9 Å². The fraction of sp³-hybridized carbons (Fsp3) is 0.300. The zero-order valence-electron chi connectivity index (χ0n) is 12.7. The molecule has 2 heterocycles. The lowest BCUT2D eigenvalue weighted by atomic mass is 9.67. The molecule has 2 heteroatoms. The number of rotatable bonds is 2. The van der Waals surface area contributed by atoms with Crippen LogP contribution in [0.3, 0.4) is 0 Å². The number of likely N-dealkylation sites (N-methyl/N-ethyl adjacent to an activating group) is 1. The Kier molecular flexibility index (Phi) is 2.99. The molecule has 1 saturated heterocycles. The van der Waals surface area contributed by atoms with Crippen molar-refractivity contribution in [3.05, 3.63) is 65.7 Å². The van der Waals surface area contributed by atoms with Crippen LogP contribution in [0, 0.1) is 12.3 Å². The van der Waals surface area contributed by atoms with Crippen molar-refractivity contribution in [1.29, 1.82) is 0 Å². The van der Waals surface area contributed by atoms with Crippen LogP contribution >= 0.6 is 0 Å². The van der Waals surface area contributed by atoms with Crippen LogP contribution in [0.4, 0.5) is 5.69 Å². The molecule has 3 atom stereocenters. The normalized spacial score (nSPS) is 27.1. The molecular weight excluding hydrogens is 270 g/mol. The van der Waals surface area contributed by atoms with Gasteiger partial charge < -0.3 is 9.64 Å². The molecule has 2 aromatic rings. The first-order chi connectivity index (χ1) is 10.8. The standard InChI is InChI=1S/C20H19NO/c1-3-16(15-9-5-4-6-10-15)20-13-14-22-19(20)21(2)18-12-8-7-11-17(18)20/h1,4-12,16,19H,13-14H2,2H3. The van der Waals surface area contributed by atoms with Crippen LogP contribution in [0.5, 0.6) is 0 Å². The van der Waals surface area contributed by atoms with Crippen LogP contribution < -0.4 is 4.90 Å². The molecule has 3 unspecified atom stereocenters. The van der Waals surface area contributed by atoms with Crippen molar-refractivity contribution in [3.8, 4) is 12.3 Å². The molecule has 0 bridgehead atoms. The summed E-state index contributed by atoms with van der Waals surface area (Å²) in [4.78, 5) is 2.25. The smallest absolute Gasteiger partial charge is 0.141 e. The SMILES string of the molecule is C#CC(c1ccccc1)C12CCOC1N(C)c1ccccc12. The Bertz CT molecular complexity index is 733. The summed E-state index contributed by atoms with van der Waals surface area (Å²) in [5, 5.41) is 0. The number of nitrogens with zero attached hydrogens (tertiary/aromatic N) is 1. The van der Waals surface area contributed by atoms with Crippen molar-refractivity contribution < 1.29 is 4.74 Å². The summed E-state index contributed by atoms with van der Waals surface area (Å²) in [6, 6.07) is 19.0. The highest BCUT2D eigenvalue weighted by molar-refractivity contribution is 5.66. The van der Waals surface area contributed by atoms with E-state index >= 15 is 0 Å². The van der Waals surface area contributed by atoms with E-state index in [1.54, 1.807) is 0 Å². The number of hydrogen-bond acceptors (Lipinski definition) is 2. The first-order valence-electron chi connectivity index (χ1n) is 7.74. The molecule has 2 aliphatic heterocycles. The Hall–Kier alpha value is -2.24. The van der Waals surface area contributed by atoms with E-state index in [-0.39, 0.29) is 17.6 Å². The number of ether oxygens (including phenoxy) is 1. The lowest BCUT2D eigenvalue weighted by molar-refractivity contribution is 0.0844. The second-order valence-corrected chi connectivity index (χ2v) is 6.15. The Morgan fingerprint density at radius 1 is 1.18 bits per heavy atom. The van der Waals surface area contributed by atoms with Crippen LogP contribution in [0.1, 0.15) is 23.5 Å². The number of fused-ring (bicyclic) bond motifs is 3. The molecule has 2 nitrogen and oxygen atoms in total. The number of hydrogen-bond donors (Lipinski definition) is 0. The molecule has 0 aliphatic carbocycles. The average Bonchev–Trinajstić information content (AvgIpc) is 3.09. The van der Waals surface area contributed by atoms with Gasteiger partial charge in [0.25, 0.3) is 0 Å². The minimum absolute atomic E-state index is 0.0196. The lowest BCUT2D eigenvalue weighted by Gasteiger charge is -2.35. The molecule has 0 saturated carbocycles. The highest BCUT2D eigenvalue weighted by Crippen LogP contribution is 2.57. The summed E-state index contributed by atoms with van der Waals surface area (Å²) < 4.78 is 6.11. The highest BCUT2D eigenvalue weighted by atomic mass is 16.5. The summed E-state index contributed by atoms with van der Waals surface area (Å²) in [5.74, 6) is 3.10. The first kappa shape index (κ1) is 13.4. The Labute approximate surface area is 131 Å². The molecule has 2 aliphatic rings. The minimum atomic E-state index is -0.151. The van der Waals surface area contributed by atoms with Crippen molar-refractivity contribution >= 4 is 5.69 Å². The molecule has 0 N–H and O–H groups in total. The van der Waals surface area contributed by atoms with Crippen LogP contribution in [0.25, 0.3) is 0 Å². The number of anilines is 1. The maximum atomic E-state index is 6.11. The molecule has 22 heavy (non-hydrogen) atoms. The fourth-order valence-corrected chi connectivity index (χ4v) is 4.27. The molecular formula is C20H19NO.